The van der Waals surface area contributed by atoms with Crippen molar-refractivity contribution < 1.29 is 41.8 Å². The predicted molar refractivity (Wildman–Crippen MR) is 104 cm³/mol. The molecule has 0 atom stereocenters. The van der Waals surface area contributed by atoms with E-state index >= 15 is 0 Å². The van der Waals surface area contributed by atoms with Crippen molar-refractivity contribution in [2.75, 3.05) is 31.6 Å². The lowest BCUT2D eigenvalue weighted by atomic mass is 10.2. The fraction of sp³-hybridized carbons (Fsp3) is 0.200. The maximum Gasteiger partial charge on any atom is 0.325 e. The highest BCUT2D eigenvalue weighted by Gasteiger charge is 2.16. The zero-order valence-corrected chi connectivity index (χ0v) is 16.5. The molecule has 0 aliphatic rings. The number of carbonyl (C=O) groups excluding carboxylic acids is 4. The average Bonchev–Trinajstić information content (AvgIpc) is 2.79. The van der Waals surface area contributed by atoms with E-state index in [1.807, 2.05) is 5.32 Å². The summed E-state index contributed by atoms with van der Waals surface area (Å²) in [5.74, 6) is -7.59. The number of benzene rings is 2. The van der Waals surface area contributed by atoms with Crippen LogP contribution >= 0.6 is 0 Å². The van der Waals surface area contributed by atoms with Gasteiger partial charge in [0.05, 0.1) is 12.2 Å². The second-order valence-electron chi connectivity index (χ2n) is 6.09. The average molecular weight is 453 g/mol. The third-order valence-electron chi connectivity index (χ3n) is 3.66. The van der Waals surface area contributed by atoms with E-state index in [2.05, 4.69) is 15.4 Å². The van der Waals surface area contributed by atoms with E-state index in [1.54, 1.807) is 30.3 Å². The van der Waals surface area contributed by atoms with Gasteiger partial charge in [-0.3, -0.25) is 19.2 Å². The Balaban J connectivity index is 1.61. The number of ether oxygens (including phenoxy) is 2. The van der Waals surface area contributed by atoms with Gasteiger partial charge in [0, 0.05) is 0 Å². The van der Waals surface area contributed by atoms with Crippen molar-refractivity contribution in [3.63, 3.8) is 0 Å². The van der Waals surface area contributed by atoms with Crippen LogP contribution < -0.4 is 20.7 Å². The number of nitrogens with one attached hydrogen (secondary N) is 3. The van der Waals surface area contributed by atoms with Gasteiger partial charge in [0.15, 0.2) is 30.7 Å². The van der Waals surface area contributed by atoms with E-state index in [9.17, 15) is 32.3 Å². The molecule has 0 bridgehead atoms. The normalized spacial score (nSPS) is 10.1. The van der Waals surface area contributed by atoms with Gasteiger partial charge in [-0.1, -0.05) is 18.2 Å². The quantitative estimate of drug-likeness (QED) is 0.363. The molecular formula is C20H18F3N3O6. The molecular weight excluding hydrogens is 435 g/mol. The van der Waals surface area contributed by atoms with Gasteiger partial charge in [0.25, 0.3) is 11.8 Å². The fourth-order valence-electron chi connectivity index (χ4n) is 2.13. The maximum atomic E-state index is 13.5. The van der Waals surface area contributed by atoms with Crippen LogP contribution in [0.25, 0.3) is 0 Å². The summed E-state index contributed by atoms with van der Waals surface area (Å²) in [5, 5.41) is 6.27. The minimum Gasteiger partial charge on any atom is -0.484 e. The molecule has 0 aromatic heterocycles. The van der Waals surface area contributed by atoms with Crippen LogP contribution in [0.1, 0.15) is 0 Å². The third kappa shape index (κ3) is 7.97. The van der Waals surface area contributed by atoms with Crippen LogP contribution in [0.15, 0.2) is 42.5 Å². The Morgan fingerprint density at radius 3 is 2.12 bits per heavy atom. The lowest BCUT2D eigenvalue weighted by molar-refractivity contribution is -0.148. The highest BCUT2D eigenvalue weighted by molar-refractivity contribution is 5.95. The second-order valence-corrected chi connectivity index (χ2v) is 6.09. The number of rotatable bonds is 10. The van der Waals surface area contributed by atoms with Crippen molar-refractivity contribution in [3.8, 4) is 5.75 Å². The molecule has 0 aliphatic carbocycles. The highest BCUT2D eigenvalue weighted by atomic mass is 19.2. The van der Waals surface area contributed by atoms with E-state index < -0.39 is 66.5 Å². The number of carbonyl (C=O) groups is 4. The summed E-state index contributed by atoms with van der Waals surface area (Å²) in [6.07, 6.45) is 0. The molecule has 0 saturated heterocycles. The monoisotopic (exact) mass is 453 g/mol. The summed E-state index contributed by atoms with van der Waals surface area (Å²) in [7, 11) is 0. The minimum atomic E-state index is -1.75. The van der Waals surface area contributed by atoms with Gasteiger partial charge in [-0.15, -0.1) is 0 Å². The first-order chi connectivity index (χ1) is 15.3. The summed E-state index contributed by atoms with van der Waals surface area (Å²) in [4.78, 5) is 46.4. The van der Waals surface area contributed by atoms with E-state index in [0.29, 0.717) is 11.8 Å². The number of hydrogen-bond donors (Lipinski definition) is 3. The molecule has 32 heavy (non-hydrogen) atoms. The molecule has 2 aromatic carbocycles. The molecule has 0 spiro atoms. The molecule has 0 fully saturated rings. The van der Waals surface area contributed by atoms with Crippen LogP contribution in [0, 0.1) is 17.5 Å². The third-order valence-corrected chi connectivity index (χ3v) is 3.66. The number of amides is 3. The summed E-state index contributed by atoms with van der Waals surface area (Å²) in [5.41, 5.74) is -0.610. The van der Waals surface area contributed by atoms with E-state index in [4.69, 9.17) is 4.74 Å². The number of para-hydroxylation sites is 1. The maximum absolute atomic E-state index is 13.5. The smallest absolute Gasteiger partial charge is 0.325 e. The molecule has 12 heteroatoms. The molecule has 0 heterocycles. The van der Waals surface area contributed by atoms with Crippen molar-refractivity contribution in [1.29, 1.82) is 0 Å². The molecule has 3 N–H and O–H groups in total. The lowest BCUT2D eigenvalue weighted by Crippen LogP contribution is -2.38. The van der Waals surface area contributed by atoms with Crippen LogP contribution in [-0.2, 0) is 23.9 Å². The topological polar surface area (TPSA) is 123 Å². The summed E-state index contributed by atoms with van der Waals surface area (Å²) < 4.78 is 49.3. The van der Waals surface area contributed by atoms with Gasteiger partial charge in [0.1, 0.15) is 12.3 Å². The van der Waals surface area contributed by atoms with Crippen LogP contribution in [0.3, 0.4) is 0 Å². The first-order valence-electron chi connectivity index (χ1n) is 9.06. The van der Waals surface area contributed by atoms with Crippen molar-refractivity contribution in [3.05, 3.63) is 59.9 Å². The van der Waals surface area contributed by atoms with Gasteiger partial charge >= 0.3 is 5.97 Å². The molecule has 3 amide bonds. The first-order valence-corrected chi connectivity index (χ1v) is 9.06. The van der Waals surface area contributed by atoms with E-state index in [1.165, 1.54) is 0 Å². The standard InChI is InChI=1S/C20H18F3N3O6/c21-13-6-7-14(20(23)19(13)22)26-15(27)8-24-17(29)11-32-18(30)9-25-16(28)10-31-12-4-2-1-3-5-12/h1-7H,8-11H2,(H,24,29)(H,25,28)(H,26,27). The Bertz CT molecular complexity index is 988. The van der Waals surface area contributed by atoms with E-state index in [0.717, 1.165) is 6.07 Å². The number of esters is 1. The summed E-state index contributed by atoms with van der Waals surface area (Å²) >= 11 is 0. The number of halogens is 3. The highest BCUT2D eigenvalue weighted by Crippen LogP contribution is 2.19. The van der Waals surface area contributed by atoms with Gasteiger partial charge in [0.2, 0.25) is 5.91 Å². The van der Waals surface area contributed by atoms with Crippen molar-refractivity contribution in [2.24, 2.45) is 0 Å². The molecule has 2 aromatic rings. The number of anilines is 1. The predicted octanol–water partition coefficient (Wildman–Crippen LogP) is 0.897. The summed E-state index contributed by atoms with van der Waals surface area (Å²) in [6, 6.07) is 9.95. The van der Waals surface area contributed by atoms with Crippen molar-refractivity contribution in [2.45, 2.75) is 0 Å². The molecule has 9 nitrogen and oxygen atoms in total. The van der Waals surface area contributed by atoms with Gasteiger partial charge in [-0.05, 0) is 24.3 Å². The fourth-order valence-corrected chi connectivity index (χ4v) is 2.13. The van der Waals surface area contributed by atoms with Crippen LogP contribution in [0.4, 0.5) is 18.9 Å². The van der Waals surface area contributed by atoms with Crippen LogP contribution in [0.2, 0.25) is 0 Å². The first kappa shape index (κ1) is 24.2. The zero-order chi connectivity index (χ0) is 23.5. The molecule has 0 saturated carbocycles. The molecule has 0 unspecified atom stereocenters. The lowest BCUT2D eigenvalue weighted by Gasteiger charge is -2.09. The van der Waals surface area contributed by atoms with Gasteiger partial charge < -0.3 is 25.4 Å². The molecule has 2 rings (SSSR count). The van der Waals surface area contributed by atoms with Crippen LogP contribution in [0.5, 0.6) is 5.75 Å². The van der Waals surface area contributed by atoms with Crippen molar-refractivity contribution in [1.82, 2.24) is 10.6 Å². The van der Waals surface area contributed by atoms with E-state index in [-0.39, 0.29) is 6.61 Å². The Kier molecular flexibility index (Phi) is 9.02. The minimum absolute atomic E-state index is 0.328. The van der Waals surface area contributed by atoms with Gasteiger partial charge in [-0.25, -0.2) is 13.2 Å². The molecule has 0 aliphatic heterocycles. The SMILES string of the molecule is O=C(COC(=O)CNC(=O)COc1ccccc1)NCC(=O)Nc1ccc(F)c(F)c1F. The van der Waals surface area contributed by atoms with Gasteiger partial charge in [-0.2, -0.15) is 0 Å². The molecule has 170 valence electrons. The van der Waals surface area contributed by atoms with Crippen molar-refractivity contribution >= 4 is 29.4 Å². The second kappa shape index (κ2) is 11.9. The Labute approximate surface area is 179 Å². The zero-order valence-electron chi connectivity index (χ0n) is 16.5. The largest absolute Gasteiger partial charge is 0.484 e. The Hall–Kier alpha value is -4.09. The molecule has 0 radical (unpaired) electrons. The Morgan fingerprint density at radius 2 is 1.41 bits per heavy atom. The number of hydrogen-bond acceptors (Lipinski definition) is 6. The Morgan fingerprint density at radius 1 is 0.750 bits per heavy atom. The summed E-state index contributed by atoms with van der Waals surface area (Å²) in [6.45, 7) is -2.24. The van der Waals surface area contributed by atoms with Crippen LogP contribution in [-0.4, -0.2) is 50.0 Å².